The monoisotopic (exact) mass is 402 g/mol. The van der Waals surface area contributed by atoms with Gasteiger partial charge in [0.1, 0.15) is 13.2 Å². The molecule has 2 aromatic carbocycles. The zero-order chi connectivity index (χ0) is 17.6. The molecule has 0 aromatic heterocycles. The molecule has 0 atom stereocenters. The average Bonchev–Trinajstić information content (AvgIpc) is 2.64. The fourth-order valence-corrected chi connectivity index (χ4v) is 2.62. The molecule has 0 spiro atoms. The zero-order valence-electron chi connectivity index (χ0n) is 13.1. The van der Waals surface area contributed by atoms with Crippen LogP contribution in [-0.2, 0) is 4.79 Å². The summed E-state index contributed by atoms with van der Waals surface area (Å²) in [5, 5.41) is 0. The molecule has 2 N–H and O–H groups in total. The van der Waals surface area contributed by atoms with E-state index in [1.807, 2.05) is 24.3 Å². The third-order valence-corrected chi connectivity index (χ3v) is 3.87. The van der Waals surface area contributed by atoms with E-state index in [4.69, 9.17) is 9.47 Å². The van der Waals surface area contributed by atoms with Crippen molar-refractivity contribution in [1.82, 2.24) is 10.9 Å². The van der Waals surface area contributed by atoms with Crippen LogP contribution in [0.15, 0.2) is 53.0 Å². The Morgan fingerprint density at radius 1 is 1.00 bits per heavy atom. The van der Waals surface area contributed by atoms with Crippen LogP contribution in [0.4, 0.5) is 0 Å². The molecular weight excluding hydrogens is 388 g/mol. The lowest BCUT2D eigenvalue weighted by Crippen LogP contribution is -2.40. The van der Waals surface area contributed by atoms with Crippen LogP contribution in [0.5, 0.6) is 11.5 Å². The molecule has 3 rings (SSSR count). The van der Waals surface area contributed by atoms with E-state index in [9.17, 15) is 9.59 Å². The molecule has 2 aromatic rings. The second-order valence-corrected chi connectivity index (χ2v) is 6.11. The first-order valence-corrected chi connectivity index (χ1v) is 8.35. The Morgan fingerprint density at radius 3 is 2.60 bits per heavy atom. The van der Waals surface area contributed by atoms with E-state index in [0.717, 1.165) is 10.0 Å². The molecule has 0 saturated carbocycles. The number of benzene rings is 2. The maximum absolute atomic E-state index is 12.1. The van der Waals surface area contributed by atoms with Crippen LogP contribution < -0.4 is 20.3 Å². The Bertz CT molecular complexity index is 836. The largest absolute Gasteiger partial charge is 0.486 e. The standard InChI is InChI=1S/C18H15BrN2O4/c19-14-3-1-2-12(10-14)4-7-17(22)20-21-18(23)13-5-6-15-16(11-13)25-9-8-24-15/h1-7,10-11H,8-9H2,(H,20,22)(H,21,23)/b7-4+. The molecule has 0 aliphatic carbocycles. The highest BCUT2D eigenvalue weighted by atomic mass is 79.9. The summed E-state index contributed by atoms with van der Waals surface area (Å²) in [6.45, 7) is 0.925. The van der Waals surface area contributed by atoms with E-state index in [2.05, 4.69) is 26.8 Å². The normalized spacial score (nSPS) is 12.7. The molecule has 1 aliphatic rings. The summed E-state index contributed by atoms with van der Waals surface area (Å²) >= 11 is 3.36. The lowest BCUT2D eigenvalue weighted by atomic mass is 10.2. The number of carbonyl (C=O) groups is 2. The van der Waals surface area contributed by atoms with Gasteiger partial charge in [-0.15, -0.1) is 0 Å². The van der Waals surface area contributed by atoms with Gasteiger partial charge in [0.2, 0.25) is 0 Å². The molecule has 2 amide bonds. The molecule has 1 aliphatic heterocycles. The molecule has 0 radical (unpaired) electrons. The van der Waals surface area contributed by atoms with Gasteiger partial charge in [0.25, 0.3) is 11.8 Å². The highest BCUT2D eigenvalue weighted by Gasteiger charge is 2.15. The first kappa shape index (κ1) is 17.0. The number of carbonyl (C=O) groups excluding carboxylic acids is 2. The number of hydrogen-bond donors (Lipinski definition) is 2. The molecule has 0 saturated heterocycles. The average molecular weight is 403 g/mol. The zero-order valence-corrected chi connectivity index (χ0v) is 14.7. The van der Waals surface area contributed by atoms with Crippen molar-refractivity contribution in [2.45, 2.75) is 0 Å². The van der Waals surface area contributed by atoms with E-state index in [-0.39, 0.29) is 0 Å². The maximum atomic E-state index is 12.1. The number of hydrogen-bond acceptors (Lipinski definition) is 4. The van der Waals surface area contributed by atoms with Crippen molar-refractivity contribution in [3.63, 3.8) is 0 Å². The molecule has 0 unspecified atom stereocenters. The fourth-order valence-electron chi connectivity index (χ4n) is 2.20. The summed E-state index contributed by atoms with van der Waals surface area (Å²) in [6.07, 6.45) is 2.99. The van der Waals surface area contributed by atoms with Crippen LogP contribution in [0.3, 0.4) is 0 Å². The fraction of sp³-hybridized carbons (Fsp3) is 0.111. The number of rotatable bonds is 3. The van der Waals surface area contributed by atoms with Gasteiger partial charge >= 0.3 is 0 Å². The second-order valence-electron chi connectivity index (χ2n) is 5.19. The topological polar surface area (TPSA) is 76.7 Å². The SMILES string of the molecule is O=C(/C=C/c1cccc(Br)c1)NNC(=O)c1ccc2c(c1)OCCO2. The highest BCUT2D eigenvalue weighted by Crippen LogP contribution is 2.30. The third kappa shape index (κ3) is 4.60. The van der Waals surface area contributed by atoms with Crippen molar-refractivity contribution in [3.05, 3.63) is 64.1 Å². The number of halogens is 1. The van der Waals surface area contributed by atoms with Crippen molar-refractivity contribution in [2.75, 3.05) is 13.2 Å². The molecule has 25 heavy (non-hydrogen) atoms. The molecule has 0 fully saturated rings. The first-order valence-electron chi connectivity index (χ1n) is 7.55. The summed E-state index contributed by atoms with van der Waals surface area (Å²) in [4.78, 5) is 23.9. The molecule has 1 heterocycles. The molecule has 7 heteroatoms. The number of ether oxygens (including phenoxy) is 2. The van der Waals surface area contributed by atoms with Gasteiger partial charge in [-0.2, -0.15) is 0 Å². The molecular formula is C18H15BrN2O4. The van der Waals surface area contributed by atoms with Crippen molar-refractivity contribution in [1.29, 1.82) is 0 Å². The van der Waals surface area contributed by atoms with Crippen molar-refractivity contribution in [2.24, 2.45) is 0 Å². The summed E-state index contributed by atoms with van der Waals surface area (Å²) in [5.41, 5.74) is 5.92. The molecule has 6 nitrogen and oxygen atoms in total. The van der Waals surface area contributed by atoms with Gasteiger partial charge in [-0.3, -0.25) is 20.4 Å². The number of hydrazine groups is 1. The quantitative estimate of drug-likeness (QED) is 0.611. The van der Waals surface area contributed by atoms with Crippen LogP contribution in [0.25, 0.3) is 6.08 Å². The van der Waals surface area contributed by atoms with E-state index in [1.165, 1.54) is 6.08 Å². The minimum Gasteiger partial charge on any atom is -0.486 e. The Morgan fingerprint density at radius 2 is 1.80 bits per heavy atom. The van der Waals surface area contributed by atoms with Crippen molar-refractivity contribution >= 4 is 33.8 Å². The van der Waals surface area contributed by atoms with Gasteiger partial charge in [-0.25, -0.2) is 0 Å². The van der Waals surface area contributed by atoms with Crippen LogP contribution >= 0.6 is 15.9 Å². The number of fused-ring (bicyclic) bond motifs is 1. The van der Waals surface area contributed by atoms with Gasteiger partial charge in [0, 0.05) is 16.1 Å². The summed E-state index contributed by atoms with van der Waals surface area (Å²) in [6, 6.07) is 12.3. The minimum absolute atomic E-state index is 0.362. The van der Waals surface area contributed by atoms with Crippen molar-refractivity contribution < 1.29 is 19.1 Å². The lowest BCUT2D eigenvalue weighted by molar-refractivity contribution is -0.117. The van der Waals surface area contributed by atoms with Crippen LogP contribution in [0.1, 0.15) is 15.9 Å². The highest BCUT2D eigenvalue weighted by molar-refractivity contribution is 9.10. The van der Waals surface area contributed by atoms with E-state index in [0.29, 0.717) is 30.3 Å². The van der Waals surface area contributed by atoms with Crippen molar-refractivity contribution in [3.8, 4) is 11.5 Å². The maximum Gasteiger partial charge on any atom is 0.269 e. The van der Waals surface area contributed by atoms with E-state index < -0.39 is 11.8 Å². The van der Waals surface area contributed by atoms with E-state index >= 15 is 0 Å². The van der Waals surface area contributed by atoms with Gasteiger partial charge in [0.05, 0.1) is 0 Å². The minimum atomic E-state index is -0.443. The predicted molar refractivity (Wildman–Crippen MR) is 96.2 cm³/mol. The third-order valence-electron chi connectivity index (χ3n) is 3.38. The van der Waals surface area contributed by atoms with E-state index in [1.54, 1.807) is 24.3 Å². The number of amides is 2. The Hall–Kier alpha value is -2.80. The molecule has 128 valence electrons. The van der Waals surface area contributed by atoms with Crippen LogP contribution in [0, 0.1) is 0 Å². The lowest BCUT2D eigenvalue weighted by Gasteiger charge is -2.18. The summed E-state index contributed by atoms with van der Waals surface area (Å²) in [7, 11) is 0. The first-order chi connectivity index (χ1) is 12.1. The second kappa shape index (κ2) is 7.85. The summed E-state index contributed by atoms with van der Waals surface area (Å²) < 4.78 is 11.7. The smallest absolute Gasteiger partial charge is 0.269 e. The summed E-state index contributed by atoms with van der Waals surface area (Å²) in [5.74, 6) is 0.232. The van der Waals surface area contributed by atoms with Gasteiger partial charge < -0.3 is 9.47 Å². The Labute approximate surface area is 152 Å². The molecule has 0 bridgehead atoms. The number of nitrogens with one attached hydrogen (secondary N) is 2. The Balaban J connectivity index is 1.56. The van der Waals surface area contributed by atoms with Gasteiger partial charge in [-0.1, -0.05) is 28.1 Å². The Kier molecular flexibility index (Phi) is 5.35. The van der Waals surface area contributed by atoms with Crippen LogP contribution in [-0.4, -0.2) is 25.0 Å². The van der Waals surface area contributed by atoms with Crippen LogP contribution in [0.2, 0.25) is 0 Å². The predicted octanol–water partition coefficient (Wildman–Crippen LogP) is 2.69. The van der Waals surface area contributed by atoms with Gasteiger partial charge in [-0.05, 0) is 42.0 Å². The van der Waals surface area contributed by atoms with Gasteiger partial charge in [0.15, 0.2) is 11.5 Å².